The van der Waals surface area contributed by atoms with E-state index in [4.69, 9.17) is 30.8 Å². The third-order valence-electron chi connectivity index (χ3n) is 6.68. The quantitative estimate of drug-likeness (QED) is 0.380. The molecule has 0 saturated carbocycles. The molecule has 3 aromatic rings. The first-order valence-corrected chi connectivity index (χ1v) is 15.5. The molecule has 2 atom stereocenters. The summed E-state index contributed by atoms with van der Waals surface area (Å²) in [6, 6.07) is 6.69. The van der Waals surface area contributed by atoms with Crippen molar-refractivity contribution in [1.82, 2.24) is 9.29 Å². The molecule has 4 heterocycles. The van der Waals surface area contributed by atoms with Crippen LogP contribution in [0.1, 0.15) is 25.7 Å². The summed E-state index contributed by atoms with van der Waals surface area (Å²) < 4.78 is 46.2. The van der Waals surface area contributed by atoms with Crippen LogP contribution in [0.2, 0.25) is 4.34 Å². The zero-order chi connectivity index (χ0) is 26.2. The first-order chi connectivity index (χ1) is 17.8. The number of carbonyl (C=O) groups excluding carboxylic acids is 1. The highest BCUT2D eigenvalue weighted by Gasteiger charge is 2.38. The molecule has 9 nitrogen and oxygen atoms in total. The molecule has 2 aliphatic rings. The van der Waals surface area contributed by atoms with Crippen LogP contribution in [0.25, 0.3) is 10.2 Å². The van der Waals surface area contributed by atoms with Gasteiger partial charge in [0.2, 0.25) is 5.91 Å². The third-order valence-corrected chi connectivity index (χ3v) is 11.3. The summed E-state index contributed by atoms with van der Waals surface area (Å²) in [4.78, 5) is 20.5. The van der Waals surface area contributed by atoms with Crippen molar-refractivity contribution in [2.45, 2.75) is 36.0 Å². The maximum absolute atomic E-state index is 14.0. The average Bonchev–Trinajstić information content (AvgIpc) is 3.67. The number of hydrogen-bond donors (Lipinski definition) is 0. The molecule has 0 N–H and O–H groups in total. The third kappa shape index (κ3) is 5.32. The number of nitrogens with zero attached hydrogens (tertiary/aromatic N) is 3. The minimum Gasteiger partial charge on any atom is -0.495 e. The first-order valence-electron chi connectivity index (χ1n) is 12.0. The second-order valence-electron chi connectivity index (χ2n) is 8.99. The predicted octanol–water partition coefficient (Wildman–Crippen LogP) is 4.64. The van der Waals surface area contributed by atoms with Gasteiger partial charge in [-0.2, -0.15) is 4.31 Å². The van der Waals surface area contributed by atoms with Gasteiger partial charge in [0.25, 0.3) is 10.0 Å². The van der Waals surface area contributed by atoms with Gasteiger partial charge in [-0.1, -0.05) is 22.9 Å². The largest absolute Gasteiger partial charge is 0.495 e. The van der Waals surface area contributed by atoms with Crippen LogP contribution in [0.3, 0.4) is 0 Å². The Morgan fingerprint density at radius 1 is 1.16 bits per heavy atom. The van der Waals surface area contributed by atoms with E-state index in [2.05, 4.69) is 0 Å². The Kier molecular flexibility index (Phi) is 7.94. The number of thiazole rings is 1. The van der Waals surface area contributed by atoms with E-state index in [0.29, 0.717) is 59.0 Å². The second-order valence-corrected chi connectivity index (χ2v) is 13.8. The molecule has 200 valence electrons. The number of hydrogen-bond acceptors (Lipinski definition) is 9. The predicted molar refractivity (Wildman–Crippen MR) is 145 cm³/mol. The molecule has 2 aliphatic heterocycles. The van der Waals surface area contributed by atoms with Crippen molar-refractivity contribution in [2.24, 2.45) is 5.92 Å². The van der Waals surface area contributed by atoms with Crippen molar-refractivity contribution in [3.8, 4) is 11.5 Å². The Morgan fingerprint density at radius 3 is 2.62 bits per heavy atom. The van der Waals surface area contributed by atoms with E-state index in [9.17, 15) is 13.2 Å². The van der Waals surface area contributed by atoms with Gasteiger partial charge in [0.05, 0.1) is 37.1 Å². The van der Waals surface area contributed by atoms with Gasteiger partial charge in [-0.15, -0.1) is 11.3 Å². The minimum atomic E-state index is -3.73. The van der Waals surface area contributed by atoms with Crippen LogP contribution in [0, 0.1) is 5.92 Å². The first kappa shape index (κ1) is 26.6. The standard InChI is InChI=1S/C24H28ClN3O6S3/c1-32-17-7-8-18(33-2)22-21(17)26-24(36-22)28(14-16-6-4-12-34-16)23(29)15-5-3-11-27(13-15)37(30,31)20-10-9-19(25)35-20/h7-10,15-16H,3-6,11-14H2,1-2H3. The number of piperidine rings is 1. The number of benzene rings is 1. The topological polar surface area (TPSA) is 98.3 Å². The number of anilines is 1. The van der Waals surface area contributed by atoms with Crippen molar-refractivity contribution in [1.29, 1.82) is 0 Å². The Morgan fingerprint density at radius 2 is 1.95 bits per heavy atom. The van der Waals surface area contributed by atoms with Gasteiger partial charge < -0.3 is 14.2 Å². The molecule has 0 radical (unpaired) electrons. The van der Waals surface area contributed by atoms with E-state index in [-0.39, 0.29) is 22.8 Å². The maximum atomic E-state index is 14.0. The number of methoxy groups -OCH3 is 2. The molecule has 13 heteroatoms. The van der Waals surface area contributed by atoms with Crippen LogP contribution < -0.4 is 14.4 Å². The monoisotopic (exact) mass is 585 g/mol. The molecule has 0 aliphatic carbocycles. The lowest BCUT2D eigenvalue weighted by atomic mass is 9.98. The Balaban J connectivity index is 1.46. The van der Waals surface area contributed by atoms with Crippen LogP contribution in [-0.2, 0) is 19.6 Å². The lowest BCUT2D eigenvalue weighted by molar-refractivity contribution is -0.123. The second kappa shape index (κ2) is 11.0. The number of aromatic nitrogens is 1. The van der Waals surface area contributed by atoms with E-state index < -0.39 is 15.9 Å². The highest BCUT2D eigenvalue weighted by atomic mass is 35.5. The van der Waals surface area contributed by atoms with Gasteiger partial charge >= 0.3 is 0 Å². The van der Waals surface area contributed by atoms with Crippen molar-refractivity contribution < 1.29 is 27.4 Å². The summed E-state index contributed by atoms with van der Waals surface area (Å²) in [7, 11) is -0.565. The van der Waals surface area contributed by atoms with Gasteiger partial charge in [-0.3, -0.25) is 9.69 Å². The molecule has 2 saturated heterocycles. The zero-order valence-corrected chi connectivity index (χ0v) is 23.7. The van der Waals surface area contributed by atoms with E-state index in [1.807, 2.05) is 6.07 Å². The molecule has 2 fully saturated rings. The minimum absolute atomic E-state index is 0.101. The number of ether oxygens (including phenoxy) is 3. The number of amides is 1. The summed E-state index contributed by atoms with van der Waals surface area (Å²) in [5.41, 5.74) is 0.620. The molecule has 1 aromatic carbocycles. The van der Waals surface area contributed by atoms with Gasteiger partial charge in [-0.25, -0.2) is 13.4 Å². The number of carbonyl (C=O) groups is 1. The van der Waals surface area contributed by atoms with Crippen LogP contribution in [0.4, 0.5) is 5.13 Å². The van der Waals surface area contributed by atoms with Gasteiger partial charge in [0, 0.05) is 19.7 Å². The summed E-state index contributed by atoms with van der Waals surface area (Å²) in [6.45, 7) is 1.49. The zero-order valence-electron chi connectivity index (χ0n) is 20.5. The Hall–Kier alpha value is -1.96. The smallest absolute Gasteiger partial charge is 0.252 e. The van der Waals surface area contributed by atoms with E-state index in [1.54, 1.807) is 31.3 Å². The number of fused-ring (bicyclic) bond motifs is 1. The molecular weight excluding hydrogens is 558 g/mol. The lowest BCUT2D eigenvalue weighted by Crippen LogP contribution is -2.48. The summed E-state index contributed by atoms with van der Waals surface area (Å²) in [5, 5.41) is 0.517. The highest BCUT2D eigenvalue weighted by molar-refractivity contribution is 7.91. The number of halogens is 1. The van der Waals surface area contributed by atoms with E-state index in [0.717, 1.165) is 28.9 Å². The van der Waals surface area contributed by atoms with Crippen molar-refractivity contribution >= 4 is 65.6 Å². The Labute approximate surface area is 228 Å². The summed E-state index contributed by atoms with van der Waals surface area (Å²) >= 11 is 8.37. The van der Waals surface area contributed by atoms with Crippen molar-refractivity contribution in [3.63, 3.8) is 0 Å². The van der Waals surface area contributed by atoms with Gasteiger partial charge in [-0.05, 0) is 49.9 Å². The van der Waals surface area contributed by atoms with Crippen LogP contribution in [0.5, 0.6) is 11.5 Å². The molecule has 2 unspecified atom stereocenters. The van der Waals surface area contributed by atoms with E-state index in [1.165, 1.54) is 21.7 Å². The van der Waals surface area contributed by atoms with Gasteiger partial charge in [0.15, 0.2) is 5.13 Å². The molecule has 0 spiro atoms. The fourth-order valence-corrected chi connectivity index (χ4v) is 9.04. The fraction of sp³-hybridized carbons (Fsp3) is 0.500. The van der Waals surface area contributed by atoms with Crippen LogP contribution >= 0.6 is 34.3 Å². The van der Waals surface area contributed by atoms with Crippen molar-refractivity contribution in [3.05, 3.63) is 28.6 Å². The SMILES string of the molecule is COc1ccc(OC)c2sc(N(CC3CCCO3)C(=O)C3CCCN(S(=O)(=O)c4ccc(Cl)s4)C3)nc12. The fourth-order valence-electron chi connectivity index (χ4n) is 4.79. The number of sulfonamides is 1. The molecule has 37 heavy (non-hydrogen) atoms. The Bertz CT molecular complexity index is 1340. The molecule has 5 rings (SSSR count). The molecular formula is C24H28ClN3O6S3. The van der Waals surface area contributed by atoms with Crippen LogP contribution in [0.15, 0.2) is 28.5 Å². The van der Waals surface area contributed by atoms with Gasteiger partial charge in [0.1, 0.15) is 25.9 Å². The summed E-state index contributed by atoms with van der Waals surface area (Å²) in [6.07, 6.45) is 2.87. The van der Waals surface area contributed by atoms with Crippen LogP contribution in [-0.4, -0.2) is 70.2 Å². The maximum Gasteiger partial charge on any atom is 0.252 e. The normalized spacial score (nSPS) is 20.8. The van der Waals surface area contributed by atoms with Crippen molar-refractivity contribution in [2.75, 3.05) is 45.4 Å². The average molecular weight is 586 g/mol. The highest BCUT2D eigenvalue weighted by Crippen LogP contribution is 2.41. The molecule has 2 aromatic heterocycles. The molecule has 1 amide bonds. The number of thiophene rings is 1. The summed E-state index contributed by atoms with van der Waals surface area (Å²) in [5.74, 6) is 0.578. The lowest BCUT2D eigenvalue weighted by Gasteiger charge is -2.34. The molecule has 0 bridgehead atoms. The number of rotatable bonds is 8. The van der Waals surface area contributed by atoms with E-state index >= 15 is 0 Å².